The van der Waals surface area contributed by atoms with E-state index in [1.165, 1.54) is 11.3 Å². The maximum Gasteiger partial charge on any atom is 0.322 e. The van der Waals surface area contributed by atoms with Gasteiger partial charge in [-0.05, 0) is 50.1 Å². The second kappa shape index (κ2) is 11.3. The standard InChI is InChI=1S/C23H24Cl2N4O2S/c1-15(2)29(23(31)27-18-6-4-3-5-7-18)13-21-28-20(14-32-21)22(30)26-11-10-16-8-9-17(24)12-19(16)25/h3-9,12,14-15H,10-11,13H2,1-2H3,(H,26,30)(H,27,31). The van der Waals surface area contributed by atoms with Crippen molar-refractivity contribution in [3.05, 3.63) is 80.2 Å². The van der Waals surface area contributed by atoms with E-state index in [9.17, 15) is 9.59 Å². The Morgan fingerprint density at radius 2 is 1.88 bits per heavy atom. The average Bonchev–Trinajstić information content (AvgIpc) is 3.23. The maximum absolute atomic E-state index is 12.7. The van der Waals surface area contributed by atoms with Crippen LogP contribution in [0.1, 0.15) is 34.9 Å². The zero-order chi connectivity index (χ0) is 23.1. The van der Waals surface area contributed by atoms with Crippen molar-refractivity contribution < 1.29 is 9.59 Å². The van der Waals surface area contributed by atoms with E-state index < -0.39 is 0 Å². The second-order valence-electron chi connectivity index (χ2n) is 7.39. The summed E-state index contributed by atoms with van der Waals surface area (Å²) in [6.45, 7) is 4.61. The number of rotatable bonds is 8. The van der Waals surface area contributed by atoms with Gasteiger partial charge in [-0.25, -0.2) is 9.78 Å². The number of hydrogen-bond donors (Lipinski definition) is 2. The predicted octanol–water partition coefficient (Wildman–Crippen LogP) is 5.86. The number of hydrogen-bond acceptors (Lipinski definition) is 4. The van der Waals surface area contributed by atoms with Crippen LogP contribution < -0.4 is 10.6 Å². The van der Waals surface area contributed by atoms with Gasteiger partial charge in [-0.15, -0.1) is 11.3 Å². The molecule has 0 unspecified atom stereocenters. The molecule has 0 aliphatic carbocycles. The first kappa shape index (κ1) is 24.0. The number of benzene rings is 2. The van der Waals surface area contributed by atoms with Crippen LogP contribution in [0.5, 0.6) is 0 Å². The molecule has 1 aromatic heterocycles. The smallest absolute Gasteiger partial charge is 0.322 e. The highest BCUT2D eigenvalue weighted by Crippen LogP contribution is 2.21. The molecule has 2 N–H and O–H groups in total. The van der Waals surface area contributed by atoms with Crippen LogP contribution in [0.2, 0.25) is 10.0 Å². The lowest BCUT2D eigenvalue weighted by Crippen LogP contribution is -2.39. The third-order valence-electron chi connectivity index (χ3n) is 4.69. The van der Waals surface area contributed by atoms with E-state index >= 15 is 0 Å². The number of aromatic nitrogens is 1. The molecule has 1 heterocycles. The summed E-state index contributed by atoms with van der Waals surface area (Å²) in [6, 6.07) is 14.3. The molecule has 0 saturated carbocycles. The van der Waals surface area contributed by atoms with Crippen LogP contribution >= 0.6 is 34.5 Å². The summed E-state index contributed by atoms with van der Waals surface area (Å²) in [7, 11) is 0. The summed E-state index contributed by atoms with van der Waals surface area (Å²) >= 11 is 13.4. The summed E-state index contributed by atoms with van der Waals surface area (Å²) in [5, 5.41) is 9.28. The van der Waals surface area contributed by atoms with Gasteiger partial charge in [0, 0.05) is 33.7 Å². The zero-order valence-electron chi connectivity index (χ0n) is 17.8. The molecular weight excluding hydrogens is 467 g/mol. The molecule has 0 spiro atoms. The highest BCUT2D eigenvalue weighted by Gasteiger charge is 2.20. The lowest BCUT2D eigenvalue weighted by atomic mass is 10.1. The van der Waals surface area contributed by atoms with Gasteiger partial charge in [0.1, 0.15) is 10.7 Å². The van der Waals surface area contributed by atoms with Crippen LogP contribution in [0.15, 0.2) is 53.9 Å². The molecule has 0 saturated heterocycles. The van der Waals surface area contributed by atoms with Crippen LogP contribution in [-0.2, 0) is 13.0 Å². The van der Waals surface area contributed by atoms with Gasteiger partial charge in [-0.2, -0.15) is 0 Å². The van der Waals surface area contributed by atoms with Crippen LogP contribution in [0.25, 0.3) is 0 Å². The van der Waals surface area contributed by atoms with E-state index in [-0.39, 0.29) is 18.0 Å². The van der Waals surface area contributed by atoms with E-state index in [4.69, 9.17) is 23.2 Å². The van der Waals surface area contributed by atoms with Crippen LogP contribution in [-0.4, -0.2) is 34.4 Å². The van der Waals surface area contributed by atoms with Crippen molar-refractivity contribution in [1.82, 2.24) is 15.2 Å². The zero-order valence-corrected chi connectivity index (χ0v) is 20.1. The normalized spacial score (nSPS) is 10.8. The summed E-state index contributed by atoms with van der Waals surface area (Å²) in [4.78, 5) is 31.3. The Bertz CT molecular complexity index is 1070. The third kappa shape index (κ3) is 6.69. The number of nitrogens with zero attached hydrogens (tertiary/aromatic N) is 2. The molecule has 9 heteroatoms. The molecule has 0 atom stereocenters. The van der Waals surface area contributed by atoms with Gasteiger partial charge in [-0.1, -0.05) is 47.5 Å². The number of nitrogens with one attached hydrogen (secondary N) is 2. The number of anilines is 1. The summed E-state index contributed by atoms with van der Waals surface area (Å²) < 4.78 is 0. The Kier molecular flexibility index (Phi) is 8.50. The fraction of sp³-hybridized carbons (Fsp3) is 0.261. The van der Waals surface area contributed by atoms with E-state index in [1.54, 1.807) is 22.4 Å². The third-order valence-corrected chi connectivity index (χ3v) is 6.11. The van der Waals surface area contributed by atoms with Crippen molar-refractivity contribution in [1.29, 1.82) is 0 Å². The number of carbonyl (C=O) groups is 2. The minimum absolute atomic E-state index is 0.0380. The minimum Gasteiger partial charge on any atom is -0.350 e. The molecule has 0 aliphatic rings. The van der Waals surface area contributed by atoms with Gasteiger partial charge in [0.25, 0.3) is 5.91 Å². The quantitative estimate of drug-likeness (QED) is 0.414. The van der Waals surface area contributed by atoms with Crippen LogP contribution in [0.4, 0.5) is 10.5 Å². The molecule has 6 nitrogen and oxygen atoms in total. The van der Waals surface area contributed by atoms with E-state index in [0.717, 1.165) is 11.3 Å². The van der Waals surface area contributed by atoms with Crippen molar-refractivity contribution in [3.8, 4) is 0 Å². The monoisotopic (exact) mass is 490 g/mol. The van der Waals surface area contributed by atoms with Crippen LogP contribution in [0.3, 0.4) is 0 Å². The van der Waals surface area contributed by atoms with Gasteiger partial charge in [-0.3, -0.25) is 4.79 Å². The number of urea groups is 1. The van der Waals surface area contributed by atoms with Gasteiger partial charge in [0.2, 0.25) is 0 Å². The molecule has 168 valence electrons. The van der Waals surface area contributed by atoms with Crippen LogP contribution in [0, 0.1) is 0 Å². The molecule has 0 aliphatic heterocycles. The van der Waals surface area contributed by atoms with Gasteiger partial charge < -0.3 is 15.5 Å². The highest BCUT2D eigenvalue weighted by atomic mass is 35.5. The molecule has 0 bridgehead atoms. The van der Waals surface area contributed by atoms with Crippen molar-refractivity contribution in [2.45, 2.75) is 32.9 Å². The summed E-state index contributed by atoms with van der Waals surface area (Å²) in [5.41, 5.74) is 1.97. The molecule has 0 fully saturated rings. The van der Waals surface area contributed by atoms with E-state index in [2.05, 4.69) is 15.6 Å². The van der Waals surface area contributed by atoms with Crippen molar-refractivity contribution in [2.24, 2.45) is 0 Å². The fourth-order valence-electron chi connectivity index (χ4n) is 2.96. The highest BCUT2D eigenvalue weighted by molar-refractivity contribution is 7.09. The summed E-state index contributed by atoms with van der Waals surface area (Å²) in [6.07, 6.45) is 0.583. The summed E-state index contributed by atoms with van der Waals surface area (Å²) in [5.74, 6) is -0.262. The number of amides is 3. The fourth-order valence-corrected chi connectivity index (χ4v) is 4.24. The Balaban J connectivity index is 1.55. The van der Waals surface area contributed by atoms with Crippen molar-refractivity contribution in [3.63, 3.8) is 0 Å². The van der Waals surface area contributed by atoms with Gasteiger partial charge >= 0.3 is 6.03 Å². The lowest BCUT2D eigenvalue weighted by Gasteiger charge is -2.26. The molecular formula is C23H24Cl2N4O2S. The first-order valence-corrected chi connectivity index (χ1v) is 11.8. The maximum atomic E-state index is 12.7. The van der Waals surface area contributed by atoms with E-state index in [1.807, 2.05) is 50.2 Å². The number of para-hydroxylation sites is 1. The van der Waals surface area contributed by atoms with Crippen molar-refractivity contribution >= 4 is 52.2 Å². The predicted molar refractivity (Wildman–Crippen MR) is 131 cm³/mol. The Labute approximate surface area is 201 Å². The Morgan fingerprint density at radius 1 is 1.12 bits per heavy atom. The second-order valence-corrected chi connectivity index (χ2v) is 9.17. The molecule has 2 aromatic carbocycles. The lowest BCUT2D eigenvalue weighted by molar-refractivity contribution is 0.0949. The molecule has 3 amide bonds. The minimum atomic E-state index is -0.262. The molecule has 3 rings (SSSR count). The molecule has 32 heavy (non-hydrogen) atoms. The topological polar surface area (TPSA) is 74.3 Å². The Morgan fingerprint density at radius 3 is 2.56 bits per heavy atom. The van der Waals surface area contributed by atoms with Gasteiger partial charge in [0.05, 0.1) is 6.54 Å². The Hall–Kier alpha value is -2.61. The largest absolute Gasteiger partial charge is 0.350 e. The first-order valence-electron chi connectivity index (χ1n) is 10.1. The first-order chi connectivity index (χ1) is 15.3. The molecule has 3 aromatic rings. The van der Waals surface area contributed by atoms with E-state index in [0.29, 0.717) is 40.3 Å². The molecule has 0 radical (unpaired) electrons. The number of thiazole rings is 1. The van der Waals surface area contributed by atoms with Gasteiger partial charge in [0.15, 0.2) is 0 Å². The van der Waals surface area contributed by atoms with Crippen molar-refractivity contribution in [2.75, 3.05) is 11.9 Å². The number of halogens is 2. The SMILES string of the molecule is CC(C)N(Cc1nc(C(=O)NCCc2ccc(Cl)cc2Cl)cs1)C(=O)Nc1ccccc1. The number of carbonyl (C=O) groups excluding carboxylic acids is 2. The average molecular weight is 491 g/mol.